The van der Waals surface area contributed by atoms with Crippen LogP contribution in [0.15, 0.2) is 47.3 Å². The van der Waals surface area contributed by atoms with E-state index in [1.54, 1.807) is 19.1 Å². The van der Waals surface area contributed by atoms with Crippen LogP contribution >= 0.6 is 0 Å². The highest BCUT2D eigenvalue weighted by molar-refractivity contribution is 5.53. The van der Waals surface area contributed by atoms with Crippen molar-refractivity contribution in [3.05, 3.63) is 75.6 Å². The third kappa shape index (κ3) is 3.28. The Balaban J connectivity index is 1.87. The van der Waals surface area contributed by atoms with Crippen LogP contribution < -0.4 is 5.56 Å². The molecule has 3 rings (SSSR count). The zero-order chi connectivity index (χ0) is 17.3. The number of fused-ring (bicyclic) bond motifs is 1. The molecule has 0 aliphatic rings. The van der Waals surface area contributed by atoms with Crippen LogP contribution in [-0.4, -0.2) is 26.4 Å². The maximum absolute atomic E-state index is 13.3. The van der Waals surface area contributed by atoms with Crippen LogP contribution in [0.5, 0.6) is 5.75 Å². The first-order valence-electron chi connectivity index (χ1n) is 7.58. The maximum Gasteiger partial charge on any atom is 0.258 e. The van der Waals surface area contributed by atoms with Gasteiger partial charge in [-0.3, -0.25) is 14.1 Å². The largest absolute Gasteiger partial charge is 0.504 e. The van der Waals surface area contributed by atoms with E-state index in [1.165, 1.54) is 28.7 Å². The molecule has 0 unspecified atom stereocenters. The Morgan fingerprint density at radius 1 is 1.21 bits per heavy atom. The fourth-order valence-corrected chi connectivity index (χ4v) is 2.75. The molecule has 3 aromatic rings. The van der Waals surface area contributed by atoms with Gasteiger partial charge in [-0.15, -0.1) is 0 Å². The van der Waals surface area contributed by atoms with E-state index in [9.17, 15) is 14.3 Å². The molecule has 6 heteroatoms. The van der Waals surface area contributed by atoms with Gasteiger partial charge in [0.05, 0.1) is 5.69 Å². The second-order valence-corrected chi connectivity index (χ2v) is 5.91. The van der Waals surface area contributed by atoms with Gasteiger partial charge < -0.3 is 5.11 Å². The topological polar surface area (TPSA) is 57.8 Å². The van der Waals surface area contributed by atoms with Gasteiger partial charge in [0.1, 0.15) is 5.82 Å². The van der Waals surface area contributed by atoms with E-state index in [0.29, 0.717) is 24.5 Å². The first kappa shape index (κ1) is 16.1. The van der Waals surface area contributed by atoms with Crippen molar-refractivity contribution < 1.29 is 9.50 Å². The Morgan fingerprint density at radius 2 is 2.00 bits per heavy atom. The third-order valence-corrected chi connectivity index (χ3v) is 3.81. The van der Waals surface area contributed by atoms with Gasteiger partial charge >= 0.3 is 0 Å². The van der Waals surface area contributed by atoms with Gasteiger partial charge in [-0.1, -0.05) is 12.1 Å². The molecule has 0 bridgehead atoms. The molecular weight excluding hydrogens is 309 g/mol. The molecule has 2 aromatic heterocycles. The average molecular weight is 327 g/mol. The number of aromatic nitrogens is 2. The summed E-state index contributed by atoms with van der Waals surface area (Å²) in [7, 11) is 1.87. The molecular formula is C18H18FN3O2. The number of hydrogen-bond donors (Lipinski definition) is 1. The van der Waals surface area contributed by atoms with Crippen molar-refractivity contribution >= 4 is 5.65 Å². The molecule has 24 heavy (non-hydrogen) atoms. The molecule has 0 fully saturated rings. The van der Waals surface area contributed by atoms with Crippen LogP contribution in [0, 0.1) is 12.7 Å². The Morgan fingerprint density at radius 3 is 2.75 bits per heavy atom. The van der Waals surface area contributed by atoms with Crippen molar-refractivity contribution in [2.24, 2.45) is 0 Å². The van der Waals surface area contributed by atoms with E-state index in [2.05, 4.69) is 4.98 Å². The minimum atomic E-state index is -0.275. The lowest BCUT2D eigenvalue weighted by atomic mass is 10.2. The van der Waals surface area contributed by atoms with Gasteiger partial charge in [0.25, 0.3) is 5.56 Å². The van der Waals surface area contributed by atoms with Gasteiger partial charge in [0.15, 0.2) is 11.4 Å². The first-order chi connectivity index (χ1) is 11.4. The van der Waals surface area contributed by atoms with Gasteiger partial charge in [-0.05, 0) is 43.8 Å². The molecule has 1 aromatic carbocycles. The van der Waals surface area contributed by atoms with Gasteiger partial charge in [-0.2, -0.15) is 0 Å². The average Bonchev–Trinajstić information content (AvgIpc) is 2.50. The predicted molar refractivity (Wildman–Crippen MR) is 89.4 cm³/mol. The summed E-state index contributed by atoms with van der Waals surface area (Å²) in [6.07, 6.45) is 0. The number of aromatic hydroxyl groups is 1. The van der Waals surface area contributed by atoms with Crippen LogP contribution in [0.1, 0.15) is 17.0 Å². The highest BCUT2D eigenvalue weighted by atomic mass is 19.1. The summed E-state index contributed by atoms with van der Waals surface area (Å²) in [5, 5.41) is 9.97. The molecule has 0 saturated heterocycles. The molecule has 2 heterocycles. The maximum atomic E-state index is 13.3. The number of aryl methyl sites for hydroxylation is 1. The lowest BCUT2D eigenvalue weighted by Crippen LogP contribution is -2.22. The summed E-state index contributed by atoms with van der Waals surface area (Å²) >= 11 is 0. The quantitative estimate of drug-likeness (QED) is 0.800. The van der Waals surface area contributed by atoms with E-state index < -0.39 is 0 Å². The predicted octanol–water partition coefficient (Wildman–Crippen LogP) is 2.48. The van der Waals surface area contributed by atoms with E-state index in [-0.39, 0.29) is 22.8 Å². The SMILES string of the molecule is Cc1ccc(O)c2nc(CN(C)Cc3cccc(F)c3)cc(=O)n12. The molecule has 0 amide bonds. The van der Waals surface area contributed by atoms with Gasteiger partial charge in [0, 0.05) is 24.8 Å². The van der Waals surface area contributed by atoms with Gasteiger partial charge in [-0.25, -0.2) is 9.37 Å². The number of nitrogens with zero attached hydrogens (tertiary/aromatic N) is 3. The van der Waals surface area contributed by atoms with Crippen molar-refractivity contribution in [2.75, 3.05) is 7.05 Å². The number of rotatable bonds is 4. The van der Waals surface area contributed by atoms with E-state index in [1.807, 2.05) is 18.0 Å². The standard InChI is InChI=1S/C18H18FN3O2/c1-12-6-7-16(23)18-20-15(9-17(24)22(12)18)11-21(2)10-13-4-3-5-14(19)8-13/h3-9,23H,10-11H2,1-2H3. The number of pyridine rings is 1. The summed E-state index contributed by atoms with van der Waals surface area (Å²) in [5.41, 5.74) is 2.12. The number of hydrogen-bond acceptors (Lipinski definition) is 4. The molecule has 1 N–H and O–H groups in total. The van der Waals surface area contributed by atoms with Crippen LogP contribution in [0.4, 0.5) is 4.39 Å². The smallest absolute Gasteiger partial charge is 0.258 e. The monoisotopic (exact) mass is 327 g/mol. The lowest BCUT2D eigenvalue weighted by Gasteiger charge is -2.17. The second-order valence-electron chi connectivity index (χ2n) is 5.91. The summed E-state index contributed by atoms with van der Waals surface area (Å²) in [6.45, 7) is 2.72. The Kier molecular flexibility index (Phi) is 4.31. The zero-order valence-electron chi connectivity index (χ0n) is 13.5. The molecule has 0 aliphatic carbocycles. The summed E-state index contributed by atoms with van der Waals surface area (Å²) in [6, 6.07) is 11.0. The summed E-state index contributed by atoms with van der Waals surface area (Å²) in [5.74, 6) is -0.310. The molecule has 0 aliphatic heterocycles. The highest BCUT2D eigenvalue weighted by Gasteiger charge is 2.10. The van der Waals surface area contributed by atoms with E-state index in [0.717, 1.165) is 5.56 Å². The fourth-order valence-electron chi connectivity index (χ4n) is 2.75. The fraction of sp³-hybridized carbons (Fsp3) is 0.222. The summed E-state index contributed by atoms with van der Waals surface area (Å²) in [4.78, 5) is 18.6. The molecule has 0 saturated carbocycles. The molecule has 5 nitrogen and oxygen atoms in total. The van der Waals surface area contributed by atoms with Crippen molar-refractivity contribution in [2.45, 2.75) is 20.0 Å². The molecule has 0 radical (unpaired) electrons. The van der Waals surface area contributed by atoms with Gasteiger partial charge in [0.2, 0.25) is 0 Å². The first-order valence-corrected chi connectivity index (χ1v) is 7.58. The van der Waals surface area contributed by atoms with Crippen LogP contribution in [0.25, 0.3) is 5.65 Å². The Labute approximate surface area is 138 Å². The minimum Gasteiger partial charge on any atom is -0.504 e. The number of benzene rings is 1. The molecule has 124 valence electrons. The normalized spacial score (nSPS) is 11.3. The third-order valence-electron chi connectivity index (χ3n) is 3.81. The van der Waals surface area contributed by atoms with E-state index in [4.69, 9.17) is 0 Å². The Bertz CT molecular complexity index is 953. The van der Waals surface area contributed by atoms with Crippen LogP contribution in [0.2, 0.25) is 0 Å². The van der Waals surface area contributed by atoms with Crippen molar-refractivity contribution in [3.8, 4) is 5.75 Å². The van der Waals surface area contributed by atoms with Crippen molar-refractivity contribution in [1.29, 1.82) is 0 Å². The molecule has 0 spiro atoms. The van der Waals surface area contributed by atoms with Crippen LogP contribution in [-0.2, 0) is 13.1 Å². The van der Waals surface area contributed by atoms with E-state index >= 15 is 0 Å². The van der Waals surface area contributed by atoms with Crippen molar-refractivity contribution in [3.63, 3.8) is 0 Å². The summed E-state index contributed by atoms with van der Waals surface area (Å²) < 4.78 is 14.6. The van der Waals surface area contributed by atoms with Crippen LogP contribution in [0.3, 0.4) is 0 Å². The zero-order valence-corrected chi connectivity index (χ0v) is 13.5. The molecule has 0 atom stereocenters. The second kappa shape index (κ2) is 6.41. The minimum absolute atomic E-state index is 0.0349. The Hall–Kier alpha value is -2.73. The highest BCUT2D eigenvalue weighted by Crippen LogP contribution is 2.17. The van der Waals surface area contributed by atoms with Crippen molar-refractivity contribution in [1.82, 2.24) is 14.3 Å². The number of halogens is 1. The lowest BCUT2D eigenvalue weighted by molar-refractivity contribution is 0.314.